The average molecular weight is 240 g/mol. The van der Waals surface area contributed by atoms with Crippen molar-refractivity contribution in [2.75, 3.05) is 13.1 Å². The quantitative estimate of drug-likeness (QED) is 0.683. The van der Waals surface area contributed by atoms with E-state index in [0.717, 1.165) is 45.1 Å². The number of carbonyl (C=O) groups is 1. The van der Waals surface area contributed by atoms with Crippen molar-refractivity contribution in [1.29, 1.82) is 0 Å². The van der Waals surface area contributed by atoms with Gasteiger partial charge >= 0.3 is 0 Å². The molecule has 1 saturated carbocycles. The van der Waals surface area contributed by atoms with Gasteiger partial charge in [0.15, 0.2) is 0 Å². The summed E-state index contributed by atoms with van der Waals surface area (Å²) in [6, 6.07) is -0.0406. The van der Waals surface area contributed by atoms with Gasteiger partial charge in [0.2, 0.25) is 5.91 Å². The summed E-state index contributed by atoms with van der Waals surface area (Å²) in [6.07, 6.45) is 5.74. The minimum absolute atomic E-state index is 0.0406. The third-order valence-corrected chi connectivity index (χ3v) is 4.17. The van der Waals surface area contributed by atoms with Gasteiger partial charge in [-0.15, -0.1) is 0 Å². The lowest BCUT2D eigenvalue weighted by Gasteiger charge is -2.35. The SMILES string of the molecule is CC1CCC(O)(CNC(=O)[C@@H]2CCCN2)CC1. The molecule has 3 N–H and O–H groups in total. The molecule has 98 valence electrons. The Morgan fingerprint density at radius 3 is 2.71 bits per heavy atom. The Morgan fingerprint density at radius 2 is 2.12 bits per heavy atom. The van der Waals surface area contributed by atoms with Crippen molar-refractivity contribution in [3.05, 3.63) is 0 Å². The normalized spacial score (nSPS) is 38.0. The molecule has 0 aromatic carbocycles. The van der Waals surface area contributed by atoms with E-state index in [0.29, 0.717) is 12.5 Å². The smallest absolute Gasteiger partial charge is 0.237 e. The van der Waals surface area contributed by atoms with E-state index in [9.17, 15) is 9.90 Å². The van der Waals surface area contributed by atoms with Gasteiger partial charge in [0, 0.05) is 6.54 Å². The Kier molecular flexibility index (Phi) is 4.05. The molecule has 17 heavy (non-hydrogen) atoms. The van der Waals surface area contributed by atoms with Crippen LogP contribution in [0.5, 0.6) is 0 Å². The number of aliphatic hydroxyl groups is 1. The summed E-state index contributed by atoms with van der Waals surface area (Å²) in [5.41, 5.74) is -0.666. The maximum Gasteiger partial charge on any atom is 0.237 e. The molecule has 0 aromatic heterocycles. The highest BCUT2D eigenvalue weighted by Gasteiger charge is 2.33. The predicted octanol–water partition coefficient (Wildman–Crippen LogP) is 0.796. The highest BCUT2D eigenvalue weighted by molar-refractivity contribution is 5.82. The van der Waals surface area contributed by atoms with Gasteiger partial charge in [-0.3, -0.25) is 4.79 Å². The van der Waals surface area contributed by atoms with Gasteiger partial charge < -0.3 is 15.7 Å². The van der Waals surface area contributed by atoms with E-state index in [2.05, 4.69) is 17.6 Å². The maximum absolute atomic E-state index is 11.8. The fourth-order valence-electron chi connectivity index (χ4n) is 2.76. The fourth-order valence-corrected chi connectivity index (χ4v) is 2.76. The van der Waals surface area contributed by atoms with Crippen molar-refractivity contribution in [2.24, 2.45) is 5.92 Å². The highest BCUT2D eigenvalue weighted by atomic mass is 16.3. The van der Waals surface area contributed by atoms with Gasteiger partial charge in [-0.2, -0.15) is 0 Å². The first-order valence-electron chi connectivity index (χ1n) is 6.82. The van der Waals surface area contributed by atoms with E-state index < -0.39 is 5.60 Å². The van der Waals surface area contributed by atoms with Crippen LogP contribution in [-0.2, 0) is 4.79 Å². The van der Waals surface area contributed by atoms with Gasteiger partial charge in [0.05, 0.1) is 11.6 Å². The van der Waals surface area contributed by atoms with Gasteiger partial charge in [-0.25, -0.2) is 0 Å². The van der Waals surface area contributed by atoms with E-state index in [1.54, 1.807) is 0 Å². The number of hydrogen-bond acceptors (Lipinski definition) is 3. The van der Waals surface area contributed by atoms with Gasteiger partial charge in [-0.05, 0) is 51.0 Å². The first kappa shape index (κ1) is 12.8. The minimum atomic E-state index is -0.666. The molecule has 1 aliphatic heterocycles. The van der Waals surface area contributed by atoms with Crippen LogP contribution in [0.4, 0.5) is 0 Å². The van der Waals surface area contributed by atoms with Crippen molar-refractivity contribution < 1.29 is 9.90 Å². The van der Waals surface area contributed by atoms with Crippen LogP contribution in [-0.4, -0.2) is 35.7 Å². The van der Waals surface area contributed by atoms with Crippen molar-refractivity contribution in [1.82, 2.24) is 10.6 Å². The third kappa shape index (κ3) is 3.42. The molecule has 0 unspecified atom stereocenters. The molecule has 4 heteroatoms. The molecule has 1 atom stereocenters. The number of carbonyl (C=O) groups excluding carboxylic acids is 1. The zero-order chi connectivity index (χ0) is 12.3. The molecule has 0 bridgehead atoms. The van der Waals surface area contributed by atoms with E-state index >= 15 is 0 Å². The summed E-state index contributed by atoms with van der Waals surface area (Å²) in [5, 5.41) is 16.4. The van der Waals surface area contributed by atoms with E-state index in [4.69, 9.17) is 0 Å². The monoisotopic (exact) mass is 240 g/mol. The van der Waals surface area contributed by atoms with Crippen LogP contribution in [0.15, 0.2) is 0 Å². The van der Waals surface area contributed by atoms with Gasteiger partial charge in [-0.1, -0.05) is 6.92 Å². The van der Waals surface area contributed by atoms with Gasteiger partial charge in [0.25, 0.3) is 0 Å². The van der Waals surface area contributed by atoms with Crippen molar-refractivity contribution in [3.63, 3.8) is 0 Å². The average Bonchev–Trinajstić information content (AvgIpc) is 2.84. The van der Waals surface area contributed by atoms with Crippen molar-refractivity contribution in [3.8, 4) is 0 Å². The van der Waals surface area contributed by atoms with E-state index in [-0.39, 0.29) is 11.9 Å². The van der Waals surface area contributed by atoms with Crippen LogP contribution < -0.4 is 10.6 Å². The second-order valence-electron chi connectivity index (χ2n) is 5.77. The molecule has 1 saturated heterocycles. The number of rotatable bonds is 3. The molecule has 0 spiro atoms. The molecule has 4 nitrogen and oxygen atoms in total. The van der Waals surface area contributed by atoms with E-state index in [1.807, 2.05) is 0 Å². The lowest BCUT2D eigenvalue weighted by atomic mass is 9.79. The molecule has 2 rings (SSSR count). The van der Waals surface area contributed by atoms with Crippen LogP contribution in [0.25, 0.3) is 0 Å². The largest absolute Gasteiger partial charge is 0.388 e. The third-order valence-electron chi connectivity index (χ3n) is 4.17. The van der Waals surface area contributed by atoms with Crippen molar-refractivity contribution >= 4 is 5.91 Å². The highest BCUT2D eigenvalue weighted by Crippen LogP contribution is 2.31. The fraction of sp³-hybridized carbons (Fsp3) is 0.923. The van der Waals surface area contributed by atoms with Crippen LogP contribution in [0, 0.1) is 5.92 Å². The predicted molar refractivity (Wildman–Crippen MR) is 66.6 cm³/mol. The first-order valence-corrected chi connectivity index (χ1v) is 6.82. The molecular formula is C13H24N2O2. The molecule has 2 aliphatic rings. The Balaban J connectivity index is 1.75. The summed E-state index contributed by atoms with van der Waals surface area (Å²) in [7, 11) is 0. The second kappa shape index (κ2) is 5.36. The van der Waals surface area contributed by atoms with Crippen molar-refractivity contribution in [2.45, 2.75) is 57.1 Å². The van der Waals surface area contributed by atoms with Crippen LogP contribution >= 0.6 is 0 Å². The molecule has 1 amide bonds. The number of nitrogens with one attached hydrogen (secondary N) is 2. The molecular weight excluding hydrogens is 216 g/mol. The van der Waals surface area contributed by atoms with Crippen LogP contribution in [0.2, 0.25) is 0 Å². The summed E-state index contributed by atoms with van der Waals surface area (Å²) in [4.78, 5) is 11.8. The minimum Gasteiger partial charge on any atom is -0.388 e. The summed E-state index contributed by atoms with van der Waals surface area (Å²) < 4.78 is 0. The number of amides is 1. The molecule has 1 heterocycles. The Labute approximate surface area is 103 Å². The Morgan fingerprint density at radius 1 is 1.41 bits per heavy atom. The van der Waals surface area contributed by atoms with Gasteiger partial charge in [0.1, 0.15) is 0 Å². The summed E-state index contributed by atoms with van der Waals surface area (Å²) >= 11 is 0. The molecule has 0 radical (unpaired) electrons. The zero-order valence-corrected chi connectivity index (χ0v) is 10.7. The zero-order valence-electron chi connectivity index (χ0n) is 10.7. The Hall–Kier alpha value is -0.610. The Bertz CT molecular complexity index is 267. The topological polar surface area (TPSA) is 61.4 Å². The molecule has 1 aliphatic carbocycles. The second-order valence-corrected chi connectivity index (χ2v) is 5.77. The van der Waals surface area contributed by atoms with Crippen LogP contribution in [0.1, 0.15) is 45.4 Å². The van der Waals surface area contributed by atoms with E-state index in [1.165, 1.54) is 0 Å². The summed E-state index contributed by atoms with van der Waals surface area (Å²) in [5.74, 6) is 0.761. The summed E-state index contributed by atoms with van der Waals surface area (Å²) in [6.45, 7) is 3.57. The lowest BCUT2D eigenvalue weighted by molar-refractivity contribution is -0.124. The first-order chi connectivity index (χ1) is 8.09. The standard InChI is InChI=1S/C13H24N2O2/c1-10-4-6-13(17,7-5-10)9-15-12(16)11-3-2-8-14-11/h10-11,14,17H,2-9H2,1H3,(H,15,16)/t10?,11-,13?/m0/s1. The maximum atomic E-state index is 11.8. The number of hydrogen-bond donors (Lipinski definition) is 3. The van der Waals surface area contributed by atoms with Crippen LogP contribution in [0.3, 0.4) is 0 Å². The molecule has 0 aromatic rings. The lowest BCUT2D eigenvalue weighted by Crippen LogP contribution is -2.49. The molecule has 2 fully saturated rings.